The van der Waals surface area contributed by atoms with Gasteiger partial charge in [0.15, 0.2) is 0 Å². The second-order valence-electron chi connectivity index (χ2n) is 5.95. The Morgan fingerprint density at radius 2 is 2.32 bits per heavy atom. The normalized spacial score (nSPS) is 13.7. The highest BCUT2D eigenvalue weighted by Gasteiger charge is 2.19. The van der Waals surface area contributed by atoms with Crippen LogP contribution in [0, 0.1) is 11.3 Å². The summed E-state index contributed by atoms with van der Waals surface area (Å²) >= 11 is 0. The first kappa shape index (κ1) is 16.7. The number of benzene rings is 1. The smallest absolute Gasteiger partial charge is 0.251 e. The summed E-state index contributed by atoms with van der Waals surface area (Å²) in [5.41, 5.74) is 2.33. The van der Waals surface area contributed by atoms with Crippen molar-refractivity contribution < 1.29 is 9.59 Å². The van der Waals surface area contributed by atoms with Crippen LogP contribution in [0.3, 0.4) is 0 Å². The molecule has 0 unspecified atom stereocenters. The van der Waals surface area contributed by atoms with Gasteiger partial charge in [-0.1, -0.05) is 12.1 Å². The molecule has 0 saturated carbocycles. The number of likely N-dealkylation sites (tertiary alicyclic amines) is 1. The van der Waals surface area contributed by atoms with Crippen molar-refractivity contribution in [1.82, 2.24) is 20.4 Å². The fraction of sp³-hybridized carbons (Fsp3) is 0.333. The monoisotopic (exact) mass is 337 g/mol. The molecule has 1 aromatic carbocycles. The molecule has 2 N–H and O–H groups in total. The zero-order chi connectivity index (χ0) is 17.6. The first-order valence-electron chi connectivity index (χ1n) is 8.29. The van der Waals surface area contributed by atoms with Gasteiger partial charge in [0.1, 0.15) is 11.8 Å². The van der Waals surface area contributed by atoms with E-state index in [9.17, 15) is 9.59 Å². The van der Waals surface area contributed by atoms with Gasteiger partial charge in [-0.2, -0.15) is 10.4 Å². The van der Waals surface area contributed by atoms with E-state index >= 15 is 0 Å². The lowest BCUT2D eigenvalue weighted by molar-refractivity contribution is -0.127. The topological polar surface area (TPSA) is 102 Å². The van der Waals surface area contributed by atoms with E-state index in [-0.39, 0.29) is 11.8 Å². The molecule has 1 aliphatic heterocycles. The van der Waals surface area contributed by atoms with Crippen molar-refractivity contribution in [1.29, 1.82) is 5.26 Å². The first-order chi connectivity index (χ1) is 12.2. The van der Waals surface area contributed by atoms with Crippen molar-refractivity contribution in [3.63, 3.8) is 0 Å². The lowest BCUT2D eigenvalue weighted by Gasteiger charge is -2.15. The Balaban J connectivity index is 1.56. The van der Waals surface area contributed by atoms with E-state index in [0.717, 1.165) is 24.9 Å². The summed E-state index contributed by atoms with van der Waals surface area (Å²) in [5, 5.41) is 18.4. The Kier molecular flexibility index (Phi) is 5.09. The van der Waals surface area contributed by atoms with E-state index in [2.05, 4.69) is 15.5 Å². The van der Waals surface area contributed by atoms with Crippen LogP contribution in [-0.4, -0.2) is 46.5 Å². The van der Waals surface area contributed by atoms with Crippen molar-refractivity contribution in [2.45, 2.75) is 19.3 Å². The van der Waals surface area contributed by atoms with Crippen LogP contribution in [0.1, 0.15) is 35.3 Å². The molecule has 0 radical (unpaired) electrons. The van der Waals surface area contributed by atoms with Crippen LogP contribution in [0.4, 0.5) is 0 Å². The van der Waals surface area contributed by atoms with E-state index in [1.165, 1.54) is 0 Å². The zero-order valence-electron chi connectivity index (χ0n) is 13.8. The Hall–Kier alpha value is -3.14. The molecule has 1 fully saturated rings. The van der Waals surface area contributed by atoms with Crippen molar-refractivity contribution >= 4 is 11.8 Å². The molecule has 1 aromatic heterocycles. The maximum atomic E-state index is 12.3. The number of hydrogen-bond donors (Lipinski definition) is 2. The van der Waals surface area contributed by atoms with E-state index in [4.69, 9.17) is 5.26 Å². The second-order valence-corrected chi connectivity index (χ2v) is 5.95. The Morgan fingerprint density at radius 1 is 1.44 bits per heavy atom. The van der Waals surface area contributed by atoms with Crippen LogP contribution in [0.2, 0.25) is 0 Å². The van der Waals surface area contributed by atoms with Gasteiger partial charge in [0.25, 0.3) is 5.91 Å². The molecule has 128 valence electrons. The van der Waals surface area contributed by atoms with Crippen LogP contribution in [0.25, 0.3) is 11.1 Å². The number of carbonyl (C=O) groups excluding carboxylic acids is 2. The molecule has 3 rings (SSSR count). The van der Waals surface area contributed by atoms with Crippen LogP contribution < -0.4 is 5.32 Å². The molecule has 0 spiro atoms. The van der Waals surface area contributed by atoms with Gasteiger partial charge >= 0.3 is 0 Å². The molecule has 1 aliphatic rings. The Morgan fingerprint density at radius 3 is 3.08 bits per heavy atom. The van der Waals surface area contributed by atoms with Gasteiger partial charge in [0.2, 0.25) is 5.91 Å². The number of rotatable bonds is 6. The summed E-state index contributed by atoms with van der Waals surface area (Å²) in [6, 6.07) is 9.13. The van der Waals surface area contributed by atoms with Gasteiger partial charge in [0.05, 0.1) is 6.20 Å². The number of hydrogen-bond acceptors (Lipinski definition) is 4. The van der Waals surface area contributed by atoms with Gasteiger partial charge in [-0.25, -0.2) is 0 Å². The quantitative estimate of drug-likeness (QED) is 0.783. The Labute approximate surface area is 145 Å². The van der Waals surface area contributed by atoms with Crippen molar-refractivity contribution in [2.75, 3.05) is 19.6 Å². The summed E-state index contributed by atoms with van der Waals surface area (Å²) in [5.74, 6) is 0.0315. The van der Waals surface area contributed by atoms with Gasteiger partial charge in [-0.3, -0.25) is 14.7 Å². The molecule has 7 nitrogen and oxygen atoms in total. The number of nitriles is 1. The van der Waals surface area contributed by atoms with Crippen molar-refractivity contribution in [3.8, 4) is 17.2 Å². The molecule has 0 aliphatic carbocycles. The third-order valence-corrected chi connectivity index (χ3v) is 4.25. The minimum absolute atomic E-state index is 0.170. The molecular formula is C18H19N5O2. The predicted molar refractivity (Wildman–Crippen MR) is 91.5 cm³/mol. The van der Waals surface area contributed by atoms with E-state index in [0.29, 0.717) is 36.3 Å². The molecule has 2 aromatic rings. The SMILES string of the molecule is N#Cc1[nH]ncc1-c1cccc(C(=O)NCCCN2CCCC2=O)c1. The molecule has 25 heavy (non-hydrogen) atoms. The number of carbonyl (C=O) groups is 2. The van der Waals surface area contributed by atoms with E-state index in [1.807, 2.05) is 17.0 Å². The number of nitrogens with zero attached hydrogens (tertiary/aromatic N) is 3. The molecule has 2 amide bonds. The van der Waals surface area contributed by atoms with Gasteiger partial charge in [-0.15, -0.1) is 0 Å². The van der Waals surface area contributed by atoms with Gasteiger partial charge < -0.3 is 10.2 Å². The van der Waals surface area contributed by atoms with Gasteiger partial charge in [-0.05, 0) is 30.5 Å². The van der Waals surface area contributed by atoms with Crippen molar-refractivity contribution in [2.24, 2.45) is 0 Å². The Bertz CT molecular complexity index is 821. The fourth-order valence-corrected chi connectivity index (χ4v) is 2.93. The molecule has 7 heteroatoms. The van der Waals surface area contributed by atoms with Crippen LogP contribution in [-0.2, 0) is 4.79 Å². The van der Waals surface area contributed by atoms with Crippen molar-refractivity contribution in [3.05, 3.63) is 41.7 Å². The zero-order valence-corrected chi connectivity index (χ0v) is 13.8. The number of nitrogens with one attached hydrogen (secondary N) is 2. The van der Waals surface area contributed by atoms with E-state index in [1.54, 1.807) is 24.4 Å². The highest BCUT2D eigenvalue weighted by molar-refractivity contribution is 5.95. The van der Waals surface area contributed by atoms with Crippen LogP contribution >= 0.6 is 0 Å². The predicted octanol–water partition coefficient (Wildman–Crippen LogP) is 1.69. The lowest BCUT2D eigenvalue weighted by Crippen LogP contribution is -2.30. The standard InChI is InChI=1S/C18H19N5O2/c19-11-16-15(12-21-22-16)13-4-1-5-14(10-13)18(25)20-7-3-9-23-8-2-6-17(23)24/h1,4-5,10,12H,2-3,6-9H2,(H,20,25)(H,21,22). The highest BCUT2D eigenvalue weighted by Crippen LogP contribution is 2.22. The maximum absolute atomic E-state index is 12.3. The summed E-state index contributed by atoms with van der Waals surface area (Å²) in [6.07, 6.45) is 3.87. The summed E-state index contributed by atoms with van der Waals surface area (Å²) in [7, 11) is 0. The lowest BCUT2D eigenvalue weighted by atomic mass is 10.0. The number of amides is 2. The minimum atomic E-state index is -0.170. The highest BCUT2D eigenvalue weighted by atomic mass is 16.2. The maximum Gasteiger partial charge on any atom is 0.251 e. The first-order valence-corrected chi connectivity index (χ1v) is 8.29. The average Bonchev–Trinajstić information content (AvgIpc) is 3.27. The number of H-pyrrole nitrogens is 1. The van der Waals surface area contributed by atoms with Crippen LogP contribution in [0.5, 0.6) is 0 Å². The summed E-state index contributed by atoms with van der Waals surface area (Å²) in [6.45, 7) is 2.02. The minimum Gasteiger partial charge on any atom is -0.352 e. The second kappa shape index (κ2) is 7.62. The molecule has 0 atom stereocenters. The number of aromatic nitrogens is 2. The largest absolute Gasteiger partial charge is 0.352 e. The number of aromatic amines is 1. The molecule has 0 bridgehead atoms. The summed E-state index contributed by atoms with van der Waals surface area (Å²) in [4.78, 5) is 25.7. The van der Waals surface area contributed by atoms with E-state index < -0.39 is 0 Å². The van der Waals surface area contributed by atoms with Gasteiger partial charge in [0, 0.05) is 37.2 Å². The molecule has 1 saturated heterocycles. The third kappa shape index (κ3) is 3.86. The average molecular weight is 337 g/mol. The third-order valence-electron chi connectivity index (χ3n) is 4.25. The molecular weight excluding hydrogens is 318 g/mol. The summed E-state index contributed by atoms with van der Waals surface area (Å²) < 4.78 is 0. The molecule has 2 heterocycles. The fourth-order valence-electron chi connectivity index (χ4n) is 2.93. The van der Waals surface area contributed by atoms with Crippen LogP contribution in [0.15, 0.2) is 30.5 Å².